The highest BCUT2D eigenvalue weighted by Crippen LogP contribution is 2.27. The normalized spacial score (nSPS) is 10.9. The van der Waals surface area contributed by atoms with Gasteiger partial charge in [0.2, 0.25) is 0 Å². The maximum absolute atomic E-state index is 6.02. The first-order valence-corrected chi connectivity index (χ1v) is 6.21. The molecule has 0 aliphatic rings. The number of nitrogens with zero attached hydrogens (tertiary/aromatic N) is 1. The minimum Gasteiger partial charge on any atom is -0.397 e. The van der Waals surface area contributed by atoms with Crippen LogP contribution in [0.3, 0.4) is 0 Å². The van der Waals surface area contributed by atoms with Crippen LogP contribution in [0.4, 0.5) is 11.4 Å². The first kappa shape index (κ1) is 14.1. The first-order valence-electron chi connectivity index (χ1n) is 5.83. The van der Waals surface area contributed by atoms with Crippen molar-refractivity contribution in [3.63, 3.8) is 0 Å². The maximum atomic E-state index is 6.02. The zero-order valence-corrected chi connectivity index (χ0v) is 11.5. The maximum Gasteiger partial charge on any atom is 0.0637 e. The average molecular weight is 257 g/mol. The largest absolute Gasteiger partial charge is 0.397 e. The molecule has 96 valence electrons. The number of anilines is 2. The molecule has 0 heterocycles. The Morgan fingerprint density at radius 2 is 2.12 bits per heavy atom. The number of nitrogens with two attached hydrogens (primary N) is 1. The molecule has 1 aromatic carbocycles. The molecule has 0 unspecified atom stereocenters. The number of hydrogen-bond donors (Lipinski definition) is 1. The number of methoxy groups -OCH3 is 1. The average Bonchev–Trinajstić information content (AvgIpc) is 2.27. The first-order chi connectivity index (χ1) is 8.04. The van der Waals surface area contributed by atoms with E-state index in [-0.39, 0.29) is 0 Å². The van der Waals surface area contributed by atoms with Crippen LogP contribution >= 0.6 is 11.6 Å². The van der Waals surface area contributed by atoms with Crippen LogP contribution in [-0.2, 0) is 4.74 Å². The van der Waals surface area contributed by atoms with E-state index in [1.807, 2.05) is 18.2 Å². The van der Waals surface area contributed by atoms with E-state index in [0.717, 1.165) is 24.5 Å². The summed E-state index contributed by atoms with van der Waals surface area (Å²) in [7, 11) is 1.70. The fraction of sp³-hybridized carbons (Fsp3) is 0.538. The van der Waals surface area contributed by atoms with Crippen molar-refractivity contribution in [2.45, 2.75) is 13.8 Å². The summed E-state index contributed by atoms with van der Waals surface area (Å²) >= 11 is 6.02. The van der Waals surface area contributed by atoms with Crippen LogP contribution in [0.15, 0.2) is 18.2 Å². The van der Waals surface area contributed by atoms with Crippen molar-refractivity contribution in [2.75, 3.05) is 37.4 Å². The topological polar surface area (TPSA) is 38.5 Å². The van der Waals surface area contributed by atoms with Gasteiger partial charge in [-0.3, -0.25) is 0 Å². The molecule has 0 aromatic heterocycles. The quantitative estimate of drug-likeness (QED) is 0.795. The van der Waals surface area contributed by atoms with Crippen LogP contribution in [0.2, 0.25) is 5.02 Å². The second-order valence-corrected chi connectivity index (χ2v) is 4.97. The van der Waals surface area contributed by atoms with Crippen LogP contribution in [0.5, 0.6) is 0 Å². The third kappa shape index (κ3) is 4.44. The number of rotatable bonds is 6. The van der Waals surface area contributed by atoms with Crippen molar-refractivity contribution in [2.24, 2.45) is 5.92 Å². The second-order valence-electron chi connectivity index (χ2n) is 4.54. The molecular weight excluding hydrogens is 236 g/mol. The van der Waals surface area contributed by atoms with Gasteiger partial charge in [0, 0.05) is 25.2 Å². The van der Waals surface area contributed by atoms with Crippen molar-refractivity contribution in [1.82, 2.24) is 0 Å². The number of hydrogen-bond acceptors (Lipinski definition) is 3. The summed E-state index contributed by atoms with van der Waals surface area (Å²) in [6, 6.07) is 5.57. The van der Waals surface area contributed by atoms with E-state index in [4.69, 9.17) is 22.1 Å². The zero-order valence-electron chi connectivity index (χ0n) is 10.7. The van der Waals surface area contributed by atoms with Gasteiger partial charge in [-0.05, 0) is 24.1 Å². The number of halogens is 1. The third-order valence-corrected chi connectivity index (χ3v) is 2.72. The summed E-state index contributed by atoms with van der Waals surface area (Å²) in [4.78, 5) is 2.22. The van der Waals surface area contributed by atoms with Gasteiger partial charge < -0.3 is 15.4 Å². The molecule has 0 aliphatic heterocycles. The van der Waals surface area contributed by atoms with Crippen molar-refractivity contribution < 1.29 is 4.74 Å². The Morgan fingerprint density at radius 3 is 2.71 bits per heavy atom. The van der Waals surface area contributed by atoms with E-state index in [1.165, 1.54) is 0 Å². The molecule has 0 atom stereocenters. The van der Waals surface area contributed by atoms with Crippen molar-refractivity contribution in [1.29, 1.82) is 0 Å². The third-order valence-electron chi connectivity index (χ3n) is 2.48. The van der Waals surface area contributed by atoms with E-state index in [0.29, 0.717) is 17.5 Å². The molecule has 4 heteroatoms. The summed E-state index contributed by atoms with van der Waals surface area (Å²) < 4.78 is 5.13. The Balaban J connectivity index is 2.90. The van der Waals surface area contributed by atoms with E-state index >= 15 is 0 Å². The van der Waals surface area contributed by atoms with Gasteiger partial charge in [-0.1, -0.05) is 25.4 Å². The Bertz CT molecular complexity index is 355. The number of nitrogen functional groups attached to an aromatic ring is 1. The predicted octanol–water partition coefficient (Wildman–Crippen LogP) is 3.03. The lowest BCUT2D eigenvalue weighted by molar-refractivity contribution is 0.204. The van der Waals surface area contributed by atoms with Gasteiger partial charge in [-0.15, -0.1) is 0 Å². The minimum atomic E-state index is 0.560. The van der Waals surface area contributed by atoms with Gasteiger partial charge in [0.05, 0.1) is 18.0 Å². The highest BCUT2D eigenvalue weighted by Gasteiger charge is 2.11. The van der Waals surface area contributed by atoms with E-state index in [9.17, 15) is 0 Å². The van der Waals surface area contributed by atoms with Crippen LogP contribution in [-0.4, -0.2) is 26.8 Å². The van der Waals surface area contributed by atoms with Gasteiger partial charge in [0.15, 0.2) is 0 Å². The summed E-state index contributed by atoms with van der Waals surface area (Å²) in [5.41, 5.74) is 7.74. The second kappa shape index (κ2) is 6.72. The fourth-order valence-corrected chi connectivity index (χ4v) is 1.91. The van der Waals surface area contributed by atoms with Crippen molar-refractivity contribution in [3.8, 4) is 0 Å². The molecule has 0 saturated heterocycles. The molecule has 2 N–H and O–H groups in total. The molecule has 0 bridgehead atoms. The fourth-order valence-electron chi connectivity index (χ4n) is 1.74. The van der Waals surface area contributed by atoms with Gasteiger partial charge in [0.1, 0.15) is 0 Å². The highest BCUT2D eigenvalue weighted by molar-refractivity contribution is 6.31. The molecule has 3 nitrogen and oxygen atoms in total. The van der Waals surface area contributed by atoms with Gasteiger partial charge in [0.25, 0.3) is 0 Å². The predicted molar refractivity (Wildman–Crippen MR) is 74.8 cm³/mol. The Labute approximate surface area is 109 Å². The monoisotopic (exact) mass is 256 g/mol. The molecule has 0 saturated carbocycles. The Hall–Kier alpha value is -0.930. The smallest absolute Gasteiger partial charge is 0.0637 e. The molecule has 0 spiro atoms. The van der Waals surface area contributed by atoms with Gasteiger partial charge >= 0.3 is 0 Å². The molecule has 0 radical (unpaired) electrons. The SMILES string of the molecule is COCCN(CC(C)C)c1cc(Cl)ccc1N. The summed E-state index contributed by atoms with van der Waals surface area (Å²) in [6.07, 6.45) is 0. The van der Waals surface area contributed by atoms with Crippen LogP contribution in [0, 0.1) is 5.92 Å². The highest BCUT2D eigenvalue weighted by atomic mass is 35.5. The number of ether oxygens (including phenoxy) is 1. The van der Waals surface area contributed by atoms with E-state index in [2.05, 4.69) is 18.7 Å². The van der Waals surface area contributed by atoms with Crippen LogP contribution in [0.1, 0.15) is 13.8 Å². The minimum absolute atomic E-state index is 0.560. The lowest BCUT2D eigenvalue weighted by Crippen LogP contribution is -2.31. The summed E-state index contributed by atoms with van der Waals surface area (Å²) in [6.45, 7) is 6.80. The van der Waals surface area contributed by atoms with Gasteiger partial charge in [-0.25, -0.2) is 0 Å². The van der Waals surface area contributed by atoms with Crippen molar-refractivity contribution >= 4 is 23.0 Å². The standard InChI is InChI=1S/C13H21ClN2O/c1-10(2)9-16(6-7-17-3)13-8-11(14)4-5-12(13)15/h4-5,8,10H,6-7,9,15H2,1-3H3. The molecule has 1 aromatic rings. The molecule has 1 rings (SSSR count). The van der Waals surface area contributed by atoms with Gasteiger partial charge in [-0.2, -0.15) is 0 Å². The Morgan fingerprint density at radius 1 is 1.41 bits per heavy atom. The lowest BCUT2D eigenvalue weighted by atomic mass is 10.1. The molecule has 0 aliphatic carbocycles. The number of benzene rings is 1. The van der Waals surface area contributed by atoms with Crippen LogP contribution < -0.4 is 10.6 Å². The van der Waals surface area contributed by atoms with Crippen LogP contribution in [0.25, 0.3) is 0 Å². The zero-order chi connectivity index (χ0) is 12.8. The Kier molecular flexibility index (Phi) is 5.59. The van der Waals surface area contributed by atoms with E-state index in [1.54, 1.807) is 7.11 Å². The lowest BCUT2D eigenvalue weighted by Gasteiger charge is -2.27. The molecular formula is C13H21ClN2O. The molecule has 0 fully saturated rings. The summed E-state index contributed by atoms with van der Waals surface area (Å²) in [5, 5.41) is 0.709. The summed E-state index contributed by atoms with van der Waals surface area (Å²) in [5.74, 6) is 0.560. The van der Waals surface area contributed by atoms with E-state index < -0.39 is 0 Å². The molecule has 17 heavy (non-hydrogen) atoms. The molecule has 0 amide bonds. The van der Waals surface area contributed by atoms with Crippen molar-refractivity contribution in [3.05, 3.63) is 23.2 Å².